The molecule has 0 unspecified atom stereocenters. The van der Waals surface area contributed by atoms with Gasteiger partial charge in [-0.2, -0.15) is 0 Å². The van der Waals surface area contributed by atoms with Crippen LogP contribution in [0.15, 0.2) is 104 Å². The largest absolute Gasteiger partial charge is 0.445 e. The van der Waals surface area contributed by atoms with E-state index in [0.717, 1.165) is 16.7 Å². The summed E-state index contributed by atoms with van der Waals surface area (Å²) in [6, 6.07) is 29.0. The highest BCUT2D eigenvalue weighted by Gasteiger charge is 2.50. The third-order valence-corrected chi connectivity index (χ3v) is 9.04. The number of likely N-dealkylation sites (N-methyl/N-ethyl adjacent to an activating group) is 1. The summed E-state index contributed by atoms with van der Waals surface area (Å²) in [5, 5.41) is 9.10. The van der Waals surface area contributed by atoms with Crippen LogP contribution in [-0.4, -0.2) is 95.3 Å². The minimum absolute atomic E-state index is 0.0221. The van der Waals surface area contributed by atoms with Crippen molar-refractivity contribution in [2.24, 2.45) is 0 Å². The fourth-order valence-corrected chi connectivity index (χ4v) is 6.65. The van der Waals surface area contributed by atoms with Crippen molar-refractivity contribution in [3.05, 3.63) is 120 Å². The minimum atomic E-state index is -0.799. The van der Waals surface area contributed by atoms with Gasteiger partial charge in [0.05, 0.1) is 13.1 Å². The number of fused-ring (bicyclic) bond motifs is 1. The molecule has 5 rings (SSSR count). The van der Waals surface area contributed by atoms with E-state index in [9.17, 15) is 19.2 Å². The monoisotopic (exact) mass is 666 g/mol. The van der Waals surface area contributed by atoms with E-state index in [1.165, 1.54) is 6.08 Å². The van der Waals surface area contributed by atoms with Crippen LogP contribution in [0.5, 0.6) is 0 Å². The van der Waals surface area contributed by atoms with Crippen LogP contribution in [0.3, 0.4) is 0 Å². The Kier molecular flexibility index (Phi) is 12.4. The number of rotatable bonds is 14. The zero-order chi connectivity index (χ0) is 34.6. The van der Waals surface area contributed by atoms with Gasteiger partial charge < -0.3 is 25.2 Å². The lowest BCUT2D eigenvalue weighted by Crippen LogP contribution is -2.76. The molecule has 0 saturated carbocycles. The summed E-state index contributed by atoms with van der Waals surface area (Å²) in [5.41, 5.74) is 3.25. The van der Waals surface area contributed by atoms with Gasteiger partial charge in [0.1, 0.15) is 18.8 Å². The van der Waals surface area contributed by atoms with Crippen molar-refractivity contribution in [2.45, 2.75) is 50.9 Å². The van der Waals surface area contributed by atoms with Crippen molar-refractivity contribution in [2.75, 3.05) is 39.3 Å². The van der Waals surface area contributed by atoms with Crippen LogP contribution < -0.4 is 10.6 Å². The van der Waals surface area contributed by atoms with Crippen molar-refractivity contribution in [1.82, 2.24) is 30.5 Å². The maximum atomic E-state index is 14.3. The first-order valence-corrected chi connectivity index (χ1v) is 17.0. The normalized spacial score (nSPS) is 17.9. The molecule has 3 aromatic carbocycles. The van der Waals surface area contributed by atoms with Crippen LogP contribution in [0.4, 0.5) is 9.59 Å². The van der Waals surface area contributed by atoms with E-state index in [1.54, 1.807) is 19.8 Å². The van der Waals surface area contributed by atoms with Crippen LogP contribution in [0.1, 0.15) is 48.8 Å². The lowest BCUT2D eigenvalue weighted by atomic mass is 9.88. The molecule has 2 aliphatic rings. The summed E-state index contributed by atoms with van der Waals surface area (Å²) in [6.45, 7) is 7.16. The number of benzene rings is 3. The number of hydrogen-bond acceptors (Lipinski definition) is 6. The van der Waals surface area contributed by atoms with Gasteiger partial charge in [0, 0.05) is 32.1 Å². The van der Waals surface area contributed by atoms with E-state index in [0.29, 0.717) is 38.9 Å². The number of carbonyl (C=O) groups excluding carboxylic acids is 4. The molecular weight excluding hydrogens is 620 g/mol. The molecule has 2 saturated heterocycles. The number of hydrazine groups is 1. The Balaban J connectivity index is 1.39. The predicted octanol–water partition coefficient (Wildman–Crippen LogP) is 4.73. The smallest absolute Gasteiger partial charge is 0.407 e. The molecule has 258 valence electrons. The van der Waals surface area contributed by atoms with Gasteiger partial charge in [-0.3, -0.25) is 9.59 Å². The van der Waals surface area contributed by atoms with E-state index < -0.39 is 18.3 Å². The highest BCUT2D eigenvalue weighted by atomic mass is 16.5. The van der Waals surface area contributed by atoms with Crippen molar-refractivity contribution in [3.8, 4) is 0 Å². The Labute approximate surface area is 288 Å². The van der Waals surface area contributed by atoms with Crippen molar-refractivity contribution in [1.29, 1.82) is 0 Å². The Morgan fingerprint density at radius 3 is 2.18 bits per heavy atom. The second kappa shape index (κ2) is 17.3. The lowest BCUT2D eigenvalue weighted by molar-refractivity contribution is -0.190. The second-order valence-electron chi connectivity index (χ2n) is 12.2. The van der Waals surface area contributed by atoms with E-state index >= 15 is 0 Å². The Morgan fingerprint density at radius 1 is 0.939 bits per heavy atom. The number of carbonyl (C=O) groups is 4. The average Bonchev–Trinajstić information content (AvgIpc) is 3.13. The van der Waals surface area contributed by atoms with E-state index in [2.05, 4.69) is 41.5 Å². The molecule has 5 amide bonds. The first-order valence-electron chi connectivity index (χ1n) is 17.0. The maximum Gasteiger partial charge on any atom is 0.407 e. The average molecular weight is 667 g/mol. The first-order chi connectivity index (χ1) is 23.9. The van der Waals surface area contributed by atoms with Gasteiger partial charge in [0.25, 0.3) is 0 Å². The minimum Gasteiger partial charge on any atom is -0.445 e. The van der Waals surface area contributed by atoms with Crippen molar-refractivity contribution < 1.29 is 23.9 Å². The topological polar surface area (TPSA) is 115 Å². The van der Waals surface area contributed by atoms with Gasteiger partial charge in [-0.05, 0) is 36.0 Å². The number of ether oxygens (including phenoxy) is 1. The van der Waals surface area contributed by atoms with E-state index in [4.69, 9.17) is 4.74 Å². The molecule has 49 heavy (non-hydrogen) atoms. The molecule has 0 spiro atoms. The Bertz CT molecular complexity index is 1520. The van der Waals surface area contributed by atoms with Crippen molar-refractivity contribution in [3.63, 3.8) is 0 Å². The molecule has 2 fully saturated rings. The fraction of sp³-hybridized carbons (Fsp3) is 0.368. The van der Waals surface area contributed by atoms with E-state index in [-0.39, 0.29) is 50.0 Å². The summed E-state index contributed by atoms with van der Waals surface area (Å²) in [5.74, 6) is -0.321. The predicted molar refractivity (Wildman–Crippen MR) is 187 cm³/mol. The SMILES string of the molecule is C=CCOC(=O)NCCC[C@H]1C(=O)N(CCC(c2ccccc2)c2ccccc2)C[C@H]2N1C(=O)CN(CC)N2C(=O)NCc1ccccc1. The van der Waals surface area contributed by atoms with Crippen LogP contribution in [-0.2, 0) is 20.9 Å². The third-order valence-electron chi connectivity index (χ3n) is 9.04. The van der Waals surface area contributed by atoms with Crippen molar-refractivity contribution >= 4 is 23.9 Å². The van der Waals surface area contributed by atoms with Gasteiger partial charge in [0.2, 0.25) is 11.8 Å². The number of urea groups is 1. The molecule has 0 aromatic heterocycles. The number of alkyl carbamates (subject to hydrolysis) is 1. The number of amides is 5. The molecule has 11 heteroatoms. The summed E-state index contributed by atoms with van der Waals surface area (Å²) >= 11 is 0. The van der Waals surface area contributed by atoms with Crippen LogP contribution >= 0.6 is 0 Å². The highest BCUT2D eigenvalue weighted by molar-refractivity contribution is 5.91. The lowest BCUT2D eigenvalue weighted by Gasteiger charge is -2.55. The second-order valence-corrected chi connectivity index (χ2v) is 12.2. The first kappa shape index (κ1) is 35.2. The van der Waals surface area contributed by atoms with Gasteiger partial charge >= 0.3 is 12.1 Å². The number of piperazine rings is 1. The van der Waals surface area contributed by atoms with Crippen LogP contribution in [0.25, 0.3) is 0 Å². The van der Waals surface area contributed by atoms with Gasteiger partial charge in [-0.15, -0.1) is 0 Å². The Hall–Kier alpha value is -5.16. The molecule has 0 bridgehead atoms. The van der Waals surface area contributed by atoms with E-state index in [1.807, 2.05) is 73.7 Å². The van der Waals surface area contributed by atoms with Gasteiger partial charge in [-0.1, -0.05) is 111 Å². The summed E-state index contributed by atoms with van der Waals surface area (Å²) in [4.78, 5) is 57.4. The summed E-state index contributed by atoms with van der Waals surface area (Å²) in [6.07, 6.45) is 1.61. The summed E-state index contributed by atoms with van der Waals surface area (Å²) < 4.78 is 5.01. The van der Waals surface area contributed by atoms with Gasteiger partial charge in [0.15, 0.2) is 0 Å². The molecule has 3 aromatic rings. The molecule has 2 N–H and O–H groups in total. The zero-order valence-electron chi connectivity index (χ0n) is 28.1. The Morgan fingerprint density at radius 2 is 1.57 bits per heavy atom. The molecule has 2 aliphatic heterocycles. The molecule has 11 nitrogen and oxygen atoms in total. The molecule has 0 radical (unpaired) electrons. The maximum absolute atomic E-state index is 14.3. The molecular formula is C38H46N6O5. The standard InChI is InChI=1S/C38H46N6O5/c1-3-25-49-38(48)39-23-14-21-33-36(46)41(24-22-32(30-17-10-6-11-18-30)31-19-12-7-13-20-31)27-34-43(33)35(45)28-42(4-2)44(34)37(47)40-26-29-15-8-5-9-16-29/h3,5-13,15-20,32-34H,1,4,14,21-28H2,2H3,(H,39,48)(H,40,47)/t33-,34-/m0/s1. The van der Waals surface area contributed by atoms with Gasteiger partial charge in [-0.25, -0.2) is 19.6 Å². The third kappa shape index (κ3) is 8.85. The zero-order valence-corrected chi connectivity index (χ0v) is 28.1. The van der Waals surface area contributed by atoms with Crippen LogP contribution in [0.2, 0.25) is 0 Å². The molecule has 2 heterocycles. The number of nitrogens with zero attached hydrogens (tertiary/aromatic N) is 4. The molecule has 0 aliphatic carbocycles. The fourth-order valence-electron chi connectivity index (χ4n) is 6.65. The summed E-state index contributed by atoms with van der Waals surface area (Å²) in [7, 11) is 0. The molecule has 2 atom stereocenters. The number of nitrogens with one attached hydrogen (secondary N) is 2. The quantitative estimate of drug-likeness (QED) is 0.190. The number of hydrogen-bond donors (Lipinski definition) is 2. The highest BCUT2D eigenvalue weighted by Crippen LogP contribution is 2.32. The van der Waals surface area contributed by atoms with Crippen LogP contribution in [0, 0.1) is 0 Å².